The Morgan fingerprint density at radius 1 is 1.29 bits per heavy atom. The maximum Gasteiger partial charge on any atom is 0.265 e. The predicted octanol–water partition coefficient (Wildman–Crippen LogP) is 4.02. The van der Waals surface area contributed by atoms with Crippen LogP contribution in [0.4, 0.5) is 0 Å². The molecule has 1 aliphatic heterocycles. The van der Waals surface area contributed by atoms with Gasteiger partial charge in [0.2, 0.25) is 0 Å². The molecular formula is C21H28N2O4S. The van der Waals surface area contributed by atoms with E-state index in [1.807, 2.05) is 36.9 Å². The van der Waals surface area contributed by atoms with Crippen molar-refractivity contribution in [1.29, 1.82) is 0 Å². The van der Waals surface area contributed by atoms with Crippen LogP contribution in [0.3, 0.4) is 0 Å². The van der Waals surface area contributed by atoms with Crippen LogP contribution in [-0.2, 0) is 4.74 Å². The number of rotatable bonds is 7. The van der Waals surface area contributed by atoms with Gasteiger partial charge in [0.05, 0.1) is 26.5 Å². The summed E-state index contributed by atoms with van der Waals surface area (Å²) in [6.45, 7) is 6.88. The summed E-state index contributed by atoms with van der Waals surface area (Å²) in [5.74, 6) is 1.80. The molecule has 1 fully saturated rings. The third-order valence-corrected chi connectivity index (χ3v) is 6.18. The highest BCUT2D eigenvalue weighted by molar-refractivity contribution is 7.17. The molecular weight excluding hydrogens is 376 g/mol. The van der Waals surface area contributed by atoms with Gasteiger partial charge in [0.25, 0.3) is 5.91 Å². The Morgan fingerprint density at radius 3 is 2.79 bits per heavy atom. The smallest absolute Gasteiger partial charge is 0.265 e. The molecule has 1 unspecified atom stereocenters. The molecule has 1 saturated heterocycles. The van der Waals surface area contributed by atoms with Crippen molar-refractivity contribution in [3.8, 4) is 22.1 Å². The molecule has 6 nitrogen and oxygen atoms in total. The number of methoxy groups -OCH3 is 2. The standard InChI is InChI=1S/C21H28N2O4S/c1-5-27-13-15-7-6-10-23(12-15)21(24)19-14(2)22-20(28-19)16-8-9-17(25-3)18(11-16)26-4/h8-9,11,15H,5-7,10,12-13H2,1-4H3. The summed E-state index contributed by atoms with van der Waals surface area (Å²) >= 11 is 1.44. The number of hydrogen-bond donors (Lipinski definition) is 0. The number of aromatic nitrogens is 1. The maximum atomic E-state index is 13.1. The SMILES string of the molecule is CCOCC1CCCN(C(=O)c2sc(-c3ccc(OC)c(OC)c3)nc2C)C1. The highest BCUT2D eigenvalue weighted by Gasteiger charge is 2.27. The van der Waals surface area contributed by atoms with Crippen molar-refractivity contribution in [2.45, 2.75) is 26.7 Å². The summed E-state index contributed by atoms with van der Waals surface area (Å²) in [5, 5.41) is 0.810. The number of amides is 1. The largest absolute Gasteiger partial charge is 0.493 e. The van der Waals surface area contributed by atoms with Gasteiger partial charge in [-0.05, 0) is 50.8 Å². The summed E-state index contributed by atoms with van der Waals surface area (Å²) in [6, 6.07) is 5.69. The Morgan fingerprint density at radius 2 is 2.07 bits per heavy atom. The number of nitrogens with zero attached hydrogens (tertiary/aromatic N) is 2. The van der Waals surface area contributed by atoms with Crippen LogP contribution in [-0.4, -0.2) is 56.3 Å². The Hall–Kier alpha value is -2.12. The second-order valence-corrected chi connectivity index (χ2v) is 7.92. The Kier molecular flexibility index (Phi) is 6.91. The van der Waals surface area contributed by atoms with Crippen LogP contribution in [0.1, 0.15) is 35.1 Å². The summed E-state index contributed by atoms with van der Waals surface area (Å²) < 4.78 is 16.2. The predicted molar refractivity (Wildman–Crippen MR) is 111 cm³/mol. The van der Waals surface area contributed by atoms with E-state index in [1.165, 1.54) is 11.3 Å². The molecule has 1 aliphatic rings. The molecule has 0 N–H and O–H groups in total. The van der Waals surface area contributed by atoms with Crippen LogP contribution in [0.2, 0.25) is 0 Å². The van der Waals surface area contributed by atoms with Crippen LogP contribution in [0, 0.1) is 12.8 Å². The molecule has 1 amide bonds. The lowest BCUT2D eigenvalue weighted by atomic mass is 9.99. The zero-order valence-corrected chi connectivity index (χ0v) is 17.8. The molecule has 1 atom stereocenters. The zero-order chi connectivity index (χ0) is 20.1. The number of carbonyl (C=O) groups is 1. The fraction of sp³-hybridized carbons (Fsp3) is 0.524. The third kappa shape index (κ3) is 4.47. The van der Waals surface area contributed by atoms with Gasteiger partial charge in [-0.25, -0.2) is 4.98 Å². The lowest BCUT2D eigenvalue weighted by molar-refractivity contribution is 0.0504. The number of aryl methyl sites for hydroxylation is 1. The summed E-state index contributed by atoms with van der Waals surface area (Å²) in [5.41, 5.74) is 1.68. The molecule has 7 heteroatoms. The van der Waals surface area contributed by atoms with E-state index in [2.05, 4.69) is 4.98 Å². The van der Waals surface area contributed by atoms with Gasteiger partial charge in [0.15, 0.2) is 11.5 Å². The van der Waals surface area contributed by atoms with E-state index in [4.69, 9.17) is 14.2 Å². The Labute approximate surface area is 170 Å². The fourth-order valence-electron chi connectivity index (χ4n) is 3.50. The molecule has 152 valence electrons. The summed E-state index contributed by atoms with van der Waals surface area (Å²) in [7, 11) is 3.22. The lowest BCUT2D eigenvalue weighted by Gasteiger charge is -2.32. The first-order valence-corrected chi connectivity index (χ1v) is 10.5. The number of carbonyl (C=O) groups excluding carboxylic acids is 1. The second kappa shape index (κ2) is 9.39. The van der Waals surface area contributed by atoms with Gasteiger partial charge in [-0.3, -0.25) is 4.79 Å². The van der Waals surface area contributed by atoms with E-state index in [1.54, 1.807) is 14.2 Å². The lowest BCUT2D eigenvalue weighted by Crippen LogP contribution is -2.41. The first kappa shape index (κ1) is 20.6. The Balaban J connectivity index is 1.79. The topological polar surface area (TPSA) is 60.9 Å². The normalized spacial score (nSPS) is 16.9. The van der Waals surface area contributed by atoms with Gasteiger partial charge in [0.1, 0.15) is 9.88 Å². The van der Waals surface area contributed by atoms with E-state index in [0.29, 0.717) is 28.9 Å². The number of ether oxygens (including phenoxy) is 3. The van der Waals surface area contributed by atoms with Gasteiger partial charge >= 0.3 is 0 Å². The molecule has 1 aromatic heterocycles. The number of likely N-dealkylation sites (tertiary alicyclic amines) is 1. The third-order valence-electron chi connectivity index (χ3n) is 4.99. The van der Waals surface area contributed by atoms with Crippen LogP contribution in [0.15, 0.2) is 18.2 Å². The minimum Gasteiger partial charge on any atom is -0.493 e. The molecule has 2 aromatic rings. The molecule has 0 aliphatic carbocycles. The summed E-state index contributed by atoms with van der Waals surface area (Å²) in [4.78, 5) is 20.4. The van der Waals surface area contributed by atoms with E-state index in [-0.39, 0.29) is 5.91 Å². The van der Waals surface area contributed by atoms with Crippen molar-refractivity contribution in [3.63, 3.8) is 0 Å². The number of hydrogen-bond acceptors (Lipinski definition) is 6. The van der Waals surface area contributed by atoms with Gasteiger partial charge in [-0.15, -0.1) is 11.3 Å². The molecule has 28 heavy (non-hydrogen) atoms. The molecule has 1 aromatic carbocycles. The molecule has 0 saturated carbocycles. The van der Waals surface area contributed by atoms with Crippen molar-refractivity contribution in [2.75, 3.05) is 40.5 Å². The van der Waals surface area contributed by atoms with Crippen molar-refractivity contribution in [3.05, 3.63) is 28.8 Å². The quantitative estimate of drug-likeness (QED) is 0.697. The average Bonchev–Trinajstić information content (AvgIpc) is 3.12. The van der Waals surface area contributed by atoms with Gasteiger partial charge in [-0.2, -0.15) is 0 Å². The van der Waals surface area contributed by atoms with E-state index in [9.17, 15) is 4.79 Å². The highest BCUT2D eigenvalue weighted by atomic mass is 32.1. The second-order valence-electron chi connectivity index (χ2n) is 6.92. The van der Waals surface area contributed by atoms with E-state index >= 15 is 0 Å². The number of benzene rings is 1. The van der Waals surface area contributed by atoms with Gasteiger partial charge in [-0.1, -0.05) is 0 Å². The minimum absolute atomic E-state index is 0.0722. The highest BCUT2D eigenvalue weighted by Crippen LogP contribution is 2.35. The van der Waals surface area contributed by atoms with Crippen molar-refractivity contribution >= 4 is 17.2 Å². The minimum atomic E-state index is 0.0722. The molecule has 3 rings (SSSR count). The first-order chi connectivity index (χ1) is 13.6. The van der Waals surface area contributed by atoms with Crippen LogP contribution >= 0.6 is 11.3 Å². The maximum absolute atomic E-state index is 13.1. The molecule has 2 heterocycles. The monoisotopic (exact) mass is 404 g/mol. The fourth-order valence-corrected chi connectivity index (χ4v) is 4.53. The number of piperidine rings is 1. The van der Waals surface area contributed by atoms with Crippen molar-refractivity contribution < 1.29 is 19.0 Å². The van der Waals surface area contributed by atoms with Crippen LogP contribution < -0.4 is 9.47 Å². The van der Waals surface area contributed by atoms with Gasteiger partial charge in [0, 0.05) is 25.3 Å². The molecule has 0 radical (unpaired) electrons. The van der Waals surface area contributed by atoms with E-state index < -0.39 is 0 Å². The number of thiazole rings is 1. The first-order valence-electron chi connectivity index (χ1n) is 9.64. The molecule has 0 spiro atoms. The molecule has 0 bridgehead atoms. The Bertz CT molecular complexity index is 821. The summed E-state index contributed by atoms with van der Waals surface area (Å²) in [6.07, 6.45) is 2.13. The average molecular weight is 405 g/mol. The van der Waals surface area contributed by atoms with Crippen LogP contribution in [0.25, 0.3) is 10.6 Å². The van der Waals surface area contributed by atoms with Crippen molar-refractivity contribution in [1.82, 2.24) is 9.88 Å². The van der Waals surface area contributed by atoms with Crippen LogP contribution in [0.5, 0.6) is 11.5 Å². The van der Waals surface area contributed by atoms with Crippen molar-refractivity contribution in [2.24, 2.45) is 5.92 Å². The zero-order valence-electron chi connectivity index (χ0n) is 17.0. The van der Waals surface area contributed by atoms with Gasteiger partial charge < -0.3 is 19.1 Å². The van der Waals surface area contributed by atoms with E-state index in [0.717, 1.165) is 48.8 Å².